The van der Waals surface area contributed by atoms with Crippen LogP contribution in [0.4, 0.5) is 11.4 Å². The van der Waals surface area contributed by atoms with Gasteiger partial charge in [-0.15, -0.1) is 0 Å². The van der Waals surface area contributed by atoms with Crippen molar-refractivity contribution >= 4 is 28.5 Å². The van der Waals surface area contributed by atoms with Gasteiger partial charge in [0.15, 0.2) is 11.0 Å². The summed E-state index contributed by atoms with van der Waals surface area (Å²) in [5, 5.41) is 0. The monoisotopic (exact) mass is 387 g/mol. The van der Waals surface area contributed by atoms with Gasteiger partial charge in [0.25, 0.3) is 5.82 Å². The predicted octanol–water partition coefficient (Wildman–Crippen LogP) is 4.68. The van der Waals surface area contributed by atoms with Crippen molar-refractivity contribution in [1.82, 2.24) is 4.57 Å². The SMILES string of the molecule is Cc1cc2c(cc1C)N(C)C(=C/C=C/c1n(C)c3cc(C)c(C)cc3[n+]1C)N2C. The van der Waals surface area contributed by atoms with Crippen molar-refractivity contribution in [2.75, 3.05) is 23.9 Å². The average molecular weight is 388 g/mol. The van der Waals surface area contributed by atoms with Crippen LogP contribution in [0.5, 0.6) is 0 Å². The number of benzene rings is 2. The van der Waals surface area contributed by atoms with Crippen LogP contribution in [0.1, 0.15) is 28.1 Å². The average Bonchev–Trinajstić information content (AvgIpc) is 3.03. The molecular formula is C25H31N4+. The number of imidazole rings is 1. The Bertz CT molecular complexity index is 1110. The molecule has 0 N–H and O–H groups in total. The van der Waals surface area contributed by atoms with E-state index in [9.17, 15) is 0 Å². The van der Waals surface area contributed by atoms with E-state index in [0.29, 0.717) is 0 Å². The molecule has 0 atom stereocenters. The summed E-state index contributed by atoms with van der Waals surface area (Å²) in [4.78, 5) is 4.53. The number of allylic oxidation sites excluding steroid dienone is 2. The van der Waals surface area contributed by atoms with Crippen LogP contribution >= 0.6 is 0 Å². The molecule has 0 saturated heterocycles. The lowest BCUT2D eigenvalue weighted by molar-refractivity contribution is -0.647. The first-order valence-electron chi connectivity index (χ1n) is 10.1. The predicted molar refractivity (Wildman–Crippen MR) is 123 cm³/mol. The molecule has 0 fully saturated rings. The number of hydrogen-bond acceptors (Lipinski definition) is 2. The molecule has 0 amide bonds. The minimum Gasteiger partial charge on any atom is -0.329 e. The molecule has 0 bridgehead atoms. The van der Waals surface area contributed by atoms with Crippen molar-refractivity contribution < 1.29 is 4.57 Å². The number of nitrogens with zero attached hydrogens (tertiary/aromatic N) is 4. The second kappa shape index (κ2) is 6.80. The molecular weight excluding hydrogens is 356 g/mol. The highest BCUT2D eigenvalue weighted by Crippen LogP contribution is 2.41. The zero-order chi connectivity index (χ0) is 21.0. The van der Waals surface area contributed by atoms with E-state index in [1.54, 1.807) is 0 Å². The first kappa shape index (κ1) is 19.3. The Morgan fingerprint density at radius 3 is 1.86 bits per heavy atom. The molecule has 0 radical (unpaired) electrons. The highest BCUT2D eigenvalue weighted by Gasteiger charge is 2.26. The third kappa shape index (κ3) is 2.94. The molecule has 0 spiro atoms. The summed E-state index contributed by atoms with van der Waals surface area (Å²) < 4.78 is 4.53. The maximum atomic E-state index is 2.28. The fraction of sp³-hybridized carbons (Fsp3) is 0.320. The first-order chi connectivity index (χ1) is 13.7. The molecule has 0 unspecified atom stereocenters. The van der Waals surface area contributed by atoms with Gasteiger partial charge in [-0.2, -0.15) is 0 Å². The minimum absolute atomic E-state index is 1.18. The molecule has 4 rings (SSSR count). The van der Waals surface area contributed by atoms with Crippen LogP contribution in [0.2, 0.25) is 0 Å². The molecule has 150 valence electrons. The Morgan fingerprint density at radius 2 is 1.28 bits per heavy atom. The van der Waals surface area contributed by atoms with Crippen LogP contribution in [-0.4, -0.2) is 18.7 Å². The minimum atomic E-state index is 1.18. The summed E-state index contributed by atoms with van der Waals surface area (Å²) in [6.45, 7) is 8.70. The largest absolute Gasteiger partial charge is 0.329 e. The summed E-state index contributed by atoms with van der Waals surface area (Å²) in [5.74, 6) is 2.35. The standard InChI is InChI=1S/C25H31N4/c1-16-12-20-21(13-17(16)2)27(6)24(26(20)5)10-9-11-25-28(7)22-14-18(3)19(4)15-23(22)29(25)8/h9-15H,1-8H3/q+1. The summed E-state index contributed by atoms with van der Waals surface area (Å²) >= 11 is 0. The number of aryl methyl sites for hydroxylation is 6. The Balaban J connectivity index is 1.71. The van der Waals surface area contributed by atoms with E-state index < -0.39 is 0 Å². The van der Waals surface area contributed by atoms with Gasteiger partial charge in [-0.25, -0.2) is 9.13 Å². The lowest BCUT2D eigenvalue weighted by Gasteiger charge is -2.17. The molecule has 4 nitrogen and oxygen atoms in total. The van der Waals surface area contributed by atoms with Gasteiger partial charge in [-0.05, 0) is 80.3 Å². The fourth-order valence-corrected chi connectivity index (χ4v) is 4.26. The number of aromatic nitrogens is 2. The summed E-state index contributed by atoms with van der Waals surface area (Å²) in [7, 11) is 8.55. The Hall–Kier alpha value is -3.01. The van der Waals surface area contributed by atoms with Crippen LogP contribution < -0.4 is 14.4 Å². The first-order valence-corrected chi connectivity index (χ1v) is 10.1. The van der Waals surface area contributed by atoms with Crippen molar-refractivity contribution in [3.05, 3.63) is 70.3 Å². The normalized spacial score (nSPS) is 13.9. The Morgan fingerprint density at radius 1 is 0.759 bits per heavy atom. The van der Waals surface area contributed by atoms with Crippen LogP contribution in [0.15, 0.2) is 42.2 Å². The van der Waals surface area contributed by atoms with Gasteiger partial charge in [-0.1, -0.05) is 6.08 Å². The van der Waals surface area contributed by atoms with Crippen LogP contribution in [0.3, 0.4) is 0 Å². The lowest BCUT2D eigenvalue weighted by Crippen LogP contribution is -2.30. The maximum Gasteiger partial charge on any atom is 0.281 e. The smallest absolute Gasteiger partial charge is 0.281 e. The van der Waals surface area contributed by atoms with Crippen molar-refractivity contribution in [2.45, 2.75) is 27.7 Å². The van der Waals surface area contributed by atoms with Gasteiger partial charge < -0.3 is 9.80 Å². The summed E-state index contributed by atoms with van der Waals surface area (Å²) in [6, 6.07) is 9.11. The topological polar surface area (TPSA) is 15.3 Å². The highest BCUT2D eigenvalue weighted by atomic mass is 15.4. The van der Waals surface area contributed by atoms with E-state index in [1.165, 1.54) is 56.3 Å². The van der Waals surface area contributed by atoms with Crippen molar-refractivity contribution in [3.63, 3.8) is 0 Å². The highest BCUT2D eigenvalue weighted by molar-refractivity contribution is 5.83. The molecule has 0 saturated carbocycles. The lowest BCUT2D eigenvalue weighted by atomic mass is 10.1. The zero-order valence-corrected chi connectivity index (χ0v) is 18.8. The molecule has 1 aliphatic heterocycles. The fourth-order valence-electron chi connectivity index (χ4n) is 4.26. The Kier molecular flexibility index (Phi) is 4.53. The van der Waals surface area contributed by atoms with Gasteiger partial charge >= 0.3 is 0 Å². The van der Waals surface area contributed by atoms with Gasteiger partial charge in [0.1, 0.15) is 5.82 Å². The molecule has 1 aliphatic rings. The molecule has 3 aromatic rings. The van der Waals surface area contributed by atoms with Crippen LogP contribution in [-0.2, 0) is 14.1 Å². The molecule has 4 heteroatoms. The van der Waals surface area contributed by atoms with Crippen LogP contribution in [0.25, 0.3) is 17.1 Å². The van der Waals surface area contributed by atoms with Gasteiger partial charge in [0.05, 0.1) is 25.5 Å². The Labute approximate surface area is 174 Å². The summed E-state index contributed by atoms with van der Waals surface area (Å²) in [5.41, 5.74) is 10.4. The molecule has 2 aromatic carbocycles. The van der Waals surface area contributed by atoms with Crippen LogP contribution in [0, 0.1) is 27.7 Å². The van der Waals surface area contributed by atoms with E-state index in [4.69, 9.17) is 0 Å². The summed E-state index contributed by atoms with van der Waals surface area (Å²) in [6.07, 6.45) is 6.54. The molecule has 1 aromatic heterocycles. The number of rotatable bonds is 2. The third-order valence-electron chi connectivity index (χ3n) is 6.49. The number of fused-ring (bicyclic) bond motifs is 2. The van der Waals surface area contributed by atoms with E-state index in [1.807, 2.05) is 0 Å². The van der Waals surface area contributed by atoms with Crippen molar-refractivity contribution in [1.29, 1.82) is 0 Å². The van der Waals surface area contributed by atoms with Gasteiger partial charge in [0.2, 0.25) is 0 Å². The number of anilines is 2. The van der Waals surface area contributed by atoms with E-state index in [-0.39, 0.29) is 0 Å². The zero-order valence-electron chi connectivity index (χ0n) is 18.8. The maximum absolute atomic E-state index is 2.28. The molecule has 0 aliphatic carbocycles. The second-order valence-corrected chi connectivity index (χ2v) is 8.33. The molecule has 2 heterocycles. The van der Waals surface area contributed by atoms with E-state index in [2.05, 4.69) is 117 Å². The molecule has 29 heavy (non-hydrogen) atoms. The number of hydrogen-bond donors (Lipinski definition) is 0. The quantitative estimate of drug-likeness (QED) is 0.594. The van der Waals surface area contributed by atoms with E-state index in [0.717, 1.165) is 0 Å². The van der Waals surface area contributed by atoms with Gasteiger partial charge in [0, 0.05) is 20.2 Å². The van der Waals surface area contributed by atoms with Gasteiger partial charge in [-0.3, -0.25) is 0 Å². The van der Waals surface area contributed by atoms with Crippen molar-refractivity contribution in [3.8, 4) is 0 Å². The third-order valence-corrected chi connectivity index (χ3v) is 6.49. The second-order valence-electron chi connectivity index (χ2n) is 8.33. The van der Waals surface area contributed by atoms with Crippen molar-refractivity contribution in [2.24, 2.45) is 14.1 Å². The van der Waals surface area contributed by atoms with E-state index >= 15 is 0 Å².